The first kappa shape index (κ1) is 30.0. The van der Waals surface area contributed by atoms with Crippen LogP contribution >= 0.6 is 0 Å². The van der Waals surface area contributed by atoms with Gasteiger partial charge >= 0.3 is 0 Å². The molecule has 110 valence electrons. The van der Waals surface area contributed by atoms with Crippen LogP contribution in [0, 0.1) is 5.41 Å². The molecule has 0 saturated carbocycles. The Labute approximate surface area is 110 Å². The molecule has 0 amide bonds. The minimum atomic E-state index is -0.300. The van der Waals surface area contributed by atoms with E-state index in [-0.39, 0.29) is 47.5 Å². The van der Waals surface area contributed by atoms with Gasteiger partial charge in [0, 0.05) is 12.0 Å². The Kier molecular flexibility index (Phi) is 27.5. The van der Waals surface area contributed by atoms with Crippen molar-refractivity contribution in [1.82, 2.24) is 0 Å². The quantitative estimate of drug-likeness (QED) is 0.665. The summed E-state index contributed by atoms with van der Waals surface area (Å²) in [5.74, 6) is 0.129. The monoisotopic (exact) mass is 252 g/mol. The number of ether oxygens (including phenoxy) is 2. The fraction of sp³-hybridized carbons (Fsp3) is 0.929. The maximum absolute atomic E-state index is 11.3. The van der Waals surface area contributed by atoms with Crippen LogP contribution in [0.15, 0.2) is 0 Å². The lowest BCUT2D eigenvalue weighted by Gasteiger charge is -2.16. The highest BCUT2D eigenvalue weighted by atomic mass is 16.5. The molecular formula is C14H36O3. The van der Waals surface area contributed by atoms with Crippen molar-refractivity contribution < 1.29 is 14.3 Å². The summed E-state index contributed by atoms with van der Waals surface area (Å²) in [4.78, 5) is 11.3. The third kappa shape index (κ3) is 18.2. The number of ketones is 1. The molecule has 0 aliphatic rings. The summed E-state index contributed by atoms with van der Waals surface area (Å²) in [6, 6.07) is 0. The molecule has 0 heterocycles. The van der Waals surface area contributed by atoms with Crippen molar-refractivity contribution in [3.63, 3.8) is 0 Å². The summed E-state index contributed by atoms with van der Waals surface area (Å²) in [6.45, 7) is 9.54. The topological polar surface area (TPSA) is 35.5 Å². The van der Waals surface area contributed by atoms with Crippen LogP contribution in [-0.4, -0.2) is 32.2 Å². The van der Waals surface area contributed by atoms with Gasteiger partial charge in [0.05, 0.1) is 13.2 Å². The Hall–Kier alpha value is -0.410. The fourth-order valence-electron chi connectivity index (χ4n) is 0.644. The Morgan fingerprint density at radius 3 is 1.71 bits per heavy atom. The van der Waals surface area contributed by atoms with Crippen LogP contribution in [0.4, 0.5) is 0 Å². The molecule has 0 rings (SSSR count). The lowest BCUT2D eigenvalue weighted by Crippen LogP contribution is -2.25. The molecule has 0 aliphatic heterocycles. The Balaban J connectivity index is -0.000000120. The summed E-state index contributed by atoms with van der Waals surface area (Å²) in [6.07, 6.45) is 0. The van der Waals surface area contributed by atoms with Crippen LogP contribution in [-0.2, 0) is 14.3 Å². The minimum absolute atomic E-state index is 0. The Bertz CT molecular complexity index is 148. The fourth-order valence-corrected chi connectivity index (χ4v) is 0.644. The van der Waals surface area contributed by atoms with Crippen LogP contribution in [0.5, 0.6) is 0 Å². The Morgan fingerprint density at radius 1 is 0.941 bits per heavy atom. The predicted molar refractivity (Wildman–Crippen MR) is 78.7 cm³/mol. The second-order valence-corrected chi connectivity index (χ2v) is 3.92. The van der Waals surface area contributed by atoms with Crippen molar-refractivity contribution in [3.05, 3.63) is 0 Å². The van der Waals surface area contributed by atoms with E-state index in [0.717, 1.165) is 0 Å². The maximum atomic E-state index is 11.3. The first-order chi connectivity index (χ1) is 5.98. The van der Waals surface area contributed by atoms with Crippen molar-refractivity contribution in [2.45, 2.75) is 57.4 Å². The molecule has 3 heteroatoms. The third-order valence-electron chi connectivity index (χ3n) is 1.65. The van der Waals surface area contributed by atoms with Crippen molar-refractivity contribution in [3.8, 4) is 0 Å². The summed E-state index contributed by atoms with van der Waals surface area (Å²) >= 11 is 0. The number of carbonyl (C=O) groups is 1. The lowest BCUT2D eigenvalue weighted by atomic mass is 9.91. The molecule has 0 saturated heterocycles. The number of rotatable bonds is 6. The van der Waals surface area contributed by atoms with E-state index in [9.17, 15) is 4.79 Å². The van der Waals surface area contributed by atoms with E-state index >= 15 is 0 Å². The van der Waals surface area contributed by atoms with E-state index in [1.54, 1.807) is 0 Å². The second kappa shape index (κ2) is 15.6. The predicted octanol–water partition coefficient (Wildman–Crippen LogP) is 4.20. The van der Waals surface area contributed by atoms with E-state index in [4.69, 9.17) is 9.47 Å². The molecule has 0 aromatic rings. The van der Waals surface area contributed by atoms with Crippen LogP contribution in [0.25, 0.3) is 0 Å². The molecule has 0 N–H and O–H groups in total. The van der Waals surface area contributed by atoms with Gasteiger partial charge in [-0.1, -0.05) is 50.5 Å². The van der Waals surface area contributed by atoms with Gasteiger partial charge in [-0.15, -0.1) is 0 Å². The highest BCUT2D eigenvalue weighted by molar-refractivity contribution is 5.84. The SMILES string of the molecule is C.C.C.C.CCOCCOCC(=O)C(C)(C)C. The van der Waals surface area contributed by atoms with Crippen molar-refractivity contribution in [1.29, 1.82) is 0 Å². The van der Waals surface area contributed by atoms with Crippen LogP contribution in [0.2, 0.25) is 0 Å². The average Bonchev–Trinajstić information content (AvgIpc) is 2.02. The molecule has 0 radical (unpaired) electrons. The zero-order valence-corrected chi connectivity index (χ0v) is 9.05. The van der Waals surface area contributed by atoms with Crippen LogP contribution in [0.3, 0.4) is 0 Å². The van der Waals surface area contributed by atoms with E-state index in [0.29, 0.717) is 19.8 Å². The summed E-state index contributed by atoms with van der Waals surface area (Å²) < 4.78 is 10.2. The number of hydrogen-bond acceptors (Lipinski definition) is 3. The molecule has 0 fully saturated rings. The Morgan fingerprint density at radius 2 is 1.35 bits per heavy atom. The van der Waals surface area contributed by atoms with Gasteiger partial charge in [-0.05, 0) is 6.92 Å². The van der Waals surface area contributed by atoms with Gasteiger partial charge < -0.3 is 9.47 Å². The van der Waals surface area contributed by atoms with E-state index in [2.05, 4.69) is 0 Å². The summed E-state index contributed by atoms with van der Waals surface area (Å²) in [5, 5.41) is 0. The molecule has 0 spiro atoms. The van der Waals surface area contributed by atoms with Crippen molar-refractivity contribution >= 4 is 5.78 Å². The molecule has 3 nitrogen and oxygen atoms in total. The molecular weight excluding hydrogens is 216 g/mol. The molecule has 0 aromatic carbocycles. The van der Waals surface area contributed by atoms with Crippen molar-refractivity contribution in [2.24, 2.45) is 5.41 Å². The van der Waals surface area contributed by atoms with Gasteiger partial charge in [0.1, 0.15) is 6.61 Å². The zero-order valence-electron chi connectivity index (χ0n) is 9.05. The van der Waals surface area contributed by atoms with E-state index in [1.165, 1.54) is 0 Å². The van der Waals surface area contributed by atoms with Gasteiger partial charge in [0.25, 0.3) is 0 Å². The first-order valence-electron chi connectivity index (χ1n) is 4.67. The molecule has 0 bridgehead atoms. The van der Waals surface area contributed by atoms with Gasteiger partial charge in [-0.25, -0.2) is 0 Å². The second-order valence-electron chi connectivity index (χ2n) is 3.92. The van der Waals surface area contributed by atoms with Crippen LogP contribution < -0.4 is 0 Å². The molecule has 0 aliphatic carbocycles. The molecule has 0 unspecified atom stereocenters. The van der Waals surface area contributed by atoms with Gasteiger partial charge in [-0.2, -0.15) is 0 Å². The standard InChI is InChI=1S/C10H20O3.4CH4/c1-5-12-6-7-13-8-9(11)10(2,3)4;;;;/h5-8H2,1-4H3;4*1H4. The average molecular weight is 252 g/mol. The van der Waals surface area contributed by atoms with Gasteiger partial charge in [0.15, 0.2) is 5.78 Å². The molecule has 0 aromatic heterocycles. The normalized spacial score (nSPS) is 8.94. The summed E-state index contributed by atoms with van der Waals surface area (Å²) in [7, 11) is 0. The van der Waals surface area contributed by atoms with Gasteiger partial charge in [0.2, 0.25) is 0 Å². The van der Waals surface area contributed by atoms with Crippen molar-refractivity contribution in [2.75, 3.05) is 26.4 Å². The lowest BCUT2D eigenvalue weighted by molar-refractivity contribution is -0.131. The smallest absolute Gasteiger partial charge is 0.163 e. The number of Topliss-reactive ketones (excluding diaryl/α,β-unsaturated/α-hetero) is 1. The zero-order chi connectivity index (χ0) is 10.3. The number of carbonyl (C=O) groups excluding carboxylic acids is 1. The minimum Gasteiger partial charge on any atom is -0.379 e. The van der Waals surface area contributed by atoms with E-state index < -0.39 is 0 Å². The maximum Gasteiger partial charge on any atom is 0.163 e. The van der Waals surface area contributed by atoms with Crippen LogP contribution in [0.1, 0.15) is 57.4 Å². The highest BCUT2D eigenvalue weighted by Gasteiger charge is 2.20. The highest BCUT2D eigenvalue weighted by Crippen LogP contribution is 2.14. The third-order valence-corrected chi connectivity index (χ3v) is 1.65. The molecule has 17 heavy (non-hydrogen) atoms. The van der Waals surface area contributed by atoms with Gasteiger partial charge in [-0.3, -0.25) is 4.79 Å². The number of hydrogen-bond donors (Lipinski definition) is 0. The summed E-state index contributed by atoms with van der Waals surface area (Å²) in [5.41, 5.74) is -0.300. The first-order valence-corrected chi connectivity index (χ1v) is 4.67. The largest absolute Gasteiger partial charge is 0.379 e. The van der Waals surface area contributed by atoms with E-state index in [1.807, 2.05) is 27.7 Å². The molecule has 0 atom stereocenters.